The van der Waals surface area contributed by atoms with E-state index < -0.39 is 11.4 Å². The molecule has 114 valence electrons. The van der Waals surface area contributed by atoms with E-state index in [0.29, 0.717) is 31.8 Å². The summed E-state index contributed by atoms with van der Waals surface area (Å²) in [7, 11) is 0. The molecule has 1 aromatic carbocycles. The standard InChI is InChI=1S/C17H22O4/c1-11(2)12-9-14-15(21-8-4-7-20-14)10-13(12)17(16(18)19)5-3-6-17/h9-11H,3-8H2,1-2H3,(H,18,19). The Morgan fingerprint density at radius 2 is 1.76 bits per heavy atom. The molecule has 1 N–H and O–H groups in total. The van der Waals surface area contributed by atoms with Gasteiger partial charge in [-0.25, -0.2) is 0 Å². The van der Waals surface area contributed by atoms with Gasteiger partial charge in [0.25, 0.3) is 0 Å². The van der Waals surface area contributed by atoms with Crippen LogP contribution < -0.4 is 9.47 Å². The molecule has 0 bridgehead atoms. The summed E-state index contributed by atoms with van der Waals surface area (Å²) < 4.78 is 11.5. The molecule has 0 unspecified atom stereocenters. The van der Waals surface area contributed by atoms with Gasteiger partial charge < -0.3 is 14.6 Å². The fourth-order valence-corrected chi connectivity index (χ4v) is 3.25. The minimum atomic E-state index is -0.732. The van der Waals surface area contributed by atoms with Gasteiger partial charge in [0.2, 0.25) is 0 Å². The maximum absolute atomic E-state index is 11.8. The molecular formula is C17H22O4. The van der Waals surface area contributed by atoms with Gasteiger partial charge in [0, 0.05) is 6.42 Å². The second-order valence-corrected chi connectivity index (χ2v) is 6.33. The molecule has 4 heteroatoms. The molecule has 1 heterocycles. The molecule has 1 fully saturated rings. The van der Waals surface area contributed by atoms with E-state index in [9.17, 15) is 9.90 Å². The van der Waals surface area contributed by atoms with Crippen LogP contribution in [0.1, 0.15) is 56.6 Å². The summed E-state index contributed by atoms with van der Waals surface area (Å²) in [6.07, 6.45) is 3.24. The third-order valence-electron chi connectivity index (χ3n) is 4.67. The van der Waals surface area contributed by atoms with E-state index in [1.807, 2.05) is 12.1 Å². The van der Waals surface area contributed by atoms with Gasteiger partial charge in [0.05, 0.1) is 18.6 Å². The molecule has 0 radical (unpaired) electrons. The number of carbonyl (C=O) groups is 1. The van der Waals surface area contributed by atoms with Crippen LogP contribution >= 0.6 is 0 Å². The van der Waals surface area contributed by atoms with Crippen LogP contribution in [0, 0.1) is 0 Å². The quantitative estimate of drug-likeness (QED) is 0.926. The molecular weight excluding hydrogens is 268 g/mol. The number of ether oxygens (including phenoxy) is 2. The molecule has 3 rings (SSSR count). The molecule has 1 aliphatic heterocycles. The first-order valence-corrected chi connectivity index (χ1v) is 7.72. The van der Waals surface area contributed by atoms with Gasteiger partial charge >= 0.3 is 5.97 Å². The molecule has 1 aromatic rings. The van der Waals surface area contributed by atoms with Crippen LogP contribution in [0.25, 0.3) is 0 Å². The molecule has 0 amide bonds. The summed E-state index contributed by atoms with van der Waals surface area (Å²) >= 11 is 0. The lowest BCUT2D eigenvalue weighted by Crippen LogP contribution is -2.43. The zero-order valence-corrected chi connectivity index (χ0v) is 12.6. The average Bonchev–Trinajstić information content (AvgIpc) is 2.60. The van der Waals surface area contributed by atoms with Crippen molar-refractivity contribution in [2.45, 2.75) is 50.9 Å². The van der Waals surface area contributed by atoms with E-state index in [1.54, 1.807) is 0 Å². The highest BCUT2D eigenvalue weighted by Crippen LogP contribution is 2.49. The molecule has 21 heavy (non-hydrogen) atoms. The lowest BCUT2D eigenvalue weighted by atomic mass is 9.62. The zero-order valence-electron chi connectivity index (χ0n) is 12.6. The van der Waals surface area contributed by atoms with E-state index in [-0.39, 0.29) is 5.92 Å². The van der Waals surface area contributed by atoms with Crippen LogP contribution in [-0.2, 0) is 10.2 Å². The van der Waals surface area contributed by atoms with Crippen LogP contribution in [0.15, 0.2) is 12.1 Å². The van der Waals surface area contributed by atoms with Crippen molar-refractivity contribution < 1.29 is 19.4 Å². The molecule has 4 nitrogen and oxygen atoms in total. The summed E-state index contributed by atoms with van der Waals surface area (Å²) in [5, 5.41) is 9.73. The van der Waals surface area contributed by atoms with Gasteiger partial charge in [-0.1, -0.05) is 20.3 Å². The minimum Gasteiger partial charge on any atom is -0.490 e. The monoisotopic (exact) mass is 290 g/mol. The number of hydrogen-bond acceptors (Lipinski definition) is 3. The molecule has 1 saturated carbocycles. The van der Waals surface area contributed by atoms with Crippen molar-refractivity contribution in [2.24, 2.45) is 0 Å². The Bertz CT molecular complexity index is 558. The maximum atomic E-state index is 11.8. The van der Waals surface area contributed by atoms with Crippen molar-refractivity contribution in [3.05, 3.63) is 23.3 Å². The van der Waals surface area contributed by atoms with Crippen LogP contribution in [0.4, 0.5) is 0 Å². The number of rotatable bonds is 3. The van der Waals surface area contributed by atoms with Crippen molar-refractivity contribution in [2.75, 3.05) is 13.2 Å². The number of carboxylic acid groups (broad SMARTS) is 1. The molecule has 0 atom stereocenters. The number of hydrogen-bond donors (Lipinski definition) is 1. The highest BCUT2D eigenvalue weighted by molar-refractivity contribution is 5.83. The first-order chi connectivity index (χ1) is 10.0. The van der Waals surface area contributed by atoms with Gasteiger partial charge in [-0.05, 0) is 42.0 Å². The predicted octanol–water partition coefficient (Wildman–Crippen LogP) is 3.48. The van der Waals surface area contributed by atoms with Gasteiger partial charge in [-0.15, -0.1) is 0 Å². The summed E-state index contributed by atoms with van der Waals surface area (Å²) in [5.74, 6) is 0.985. The molecule has 0 spiro atoms. The van der Waals surface area contributed by atoms with Crippen molar-refractivity contribution in [3.63, 3.8) is 0 Å². The topological polar surface area (TPSA) is 55.8 Å². The van der Waals surface area contributed by atoms with Crippen molar-refractivity contribution in [3.8, 4) is 11.5 Å². The van der Waals surface area contributed by atoms with Crippen LogP contribution in [0.2, 0.25) is 0 Å². The van der Waals surface area contributed by atoms with E-state index in [4.69, 9.17) is 9.47 Å². The van der Waals surface area contributed by atoms with Gasteiger partial charge in [-0.3, -0.25) is 4.79 Å². The Labute approximate surface area is 125 Å². The Balaban J connectivity index is 2.14. The van der Waals surface area contributed by atoms with Crippen LogP contribution in [0.3, 0.4) is 0 Å². The Kier molecular flexibility index (Phi) is 3.56. The Hall–Kier alpha value is -1.71. The van der Waals surface area contributed by atoms with E-state index in [0.717, 1.165) is 29.7 Å². The van der Waals surface area contributed by atoms with Gasteiger partial charge in [0.15, 0.2) is 11.5 Å². The lowest BCUT2D eigenvalue weighted by Gasteiger charge is -2.40. The van der Waals surface area contributed by atoms with Gasteiger partial charge in [-0.2, -0.15) is 0 Å². The number of carboxylic acids is 1. The summed E-state index contributed by atoms with van der Waals surface area (Å²) in [4.78, 5) is 11.8. The minimum absolute atomic E-state index is 0.258. The first-order valence-electron chi connectivity index (χ1n) is 7.72. The smallest absolute Gasteiger partial charge is 0.314 e. The summed E-state index contributed by atoms with van der Waals surface area (Å²) in [6.45, 7) is 5.45. The van der Waals surface area contributed by atoms with E-state index in [1.165, 1.54) is 0 Å². The van der Waals surface area contributed by atoms with Crippen LogP contribution in [0.5, 0.6) is 11.5 Å². The molecule has 0 aromatic heterocycles. The third kappa shape index (κ3) is 2.27. The third-order valence-corrected chi connectivity index (χ3v) is 4.67. The second-order valence-electron chi connectivity index (χ2n) is 6.33. The first kappa shape index (κ1) is 14.2. The number of benzene rings is 1. The summed E-state index contributed by atoms with van der Waals surface area (Å²) in [5.41, 5.74) is 1.26. The Morgan fingerprint density at radius 1 is 1.14 bits per heavy atom. The van der Waals surface area contributed by atoms with E-state index in [2.05, 4.69) is 13.8 Å². The van der Waals surface area contributed by atoms with Crippen LogP contribution in [-0.4, -0.2) is 24.3 Å². The maximum Gasteiger partial charge on any atom is 0.314 e. The normalized spacial score (nSPS) is 19.8. The lowest BCUT2D eigenvalue weighted by molar-refractivity contribution is -0.147. The fourth-order valence-electron chi connectivity index (χ4n) is 3.25. The highest BCUT2D eigenvalue weighted by atomic mass is 16.5. The zero-order chi connectivity index (χ0) is 15.0. The molecule has 2 aliphatic rings. The molecule has 1 aliphatic carbocycles. The van der Waals surface area contributed by atoms with E-state index >= 15 is 0 Å². The van der Waals surface area contributed by atoms with Gasteiger partial charge in [0.1, 0.15) is 0 Å². The SMILES string of the molecule is CC(C)c1cc2c(cc1C1(C(=O)O)CCC1)OCCCO2. The number of fused-ring (bicyclic) bond motifs is 1. The largest absolute Gasteiger partial charge is 0.490 e. The number of aliphatic carboxylic acids is 1. The summed E-state index contributed by atoms with van der Waals surface area (Å²) in [6, 6.07) is 3.91. The van der Waals surface area contributed by atoms with Crippen molar-refractivity contribution >= 4 is 5.97 Å². The Morgan fingerprint density at radius 3 is 2.24 bits per heavy atom. The molecule has 0 saturated heterocycles. The predicted molar refractivity (Wildman–Crippen MR) is 79.3 cm³/mol. The van der Waals surface area contributed by atoms with Crippen molar-refractivity contribution in [1.29, 1.82) is 0 Å². The van der Waals surface area contributed by atoms with Crippen molar-refractivity contribution in [1.82, 2.24) is 0 Å². The second kappa shape index (κ2) is 5.24. The fraction of sp³-hybridized carbons (Fsp3) is 0.588. The highest BCUT2D eigenvalue weighted by Gasteiger charge is 2.47. The average molecular weight is 290 g/mol.